The van der Waals surface area contributed by atoms with Crippen LogP contribution in [0.2, 0.25) is 0 Å². The highest BCUT2D eigenvalue weighted by molar-refractivity contribution is 5.98. The molecule has 0 N–H and O–H groups in total. The summed E-state index contributed by atoms with van der Waals surface area (Å²) < 4.78 is 10.6. The highest BCUT2D eigenvalue weighted by Crippen LogP contribution is 2.16. The maximum atomic E-state index is 11.8. The van der Waals surface area contributed by atoms with Crippen LogP contribution < -0.4 is 0 Å². The second-order valence-corrected chi connectivity index (χ2v) is 4.60. The number of carbonyl (C=O) groups is 1. The zero-order valence-corrected chi connectivity index (χ0v) is 11.7. The molecule has 1 saturated heterocycles. The first-order valence-corrected chi connectivity index (χ1v) is 6.78. The summed E-state index contributed by atoms with van der Waals surface area (Å²) >= 11 is 0. The zero-order chi connectivity index (χ0) is 15.1. The summed E-state index contributed by atoms with van der Waals surface area (Å²) in [5, 5.41) is 12.4. The predicted molar refractivity (Wildman–Crippen MR) is 71.9 cm³/mol. The number of rotatable bonds is 3. The van der Waals surface area contributed by atoms with E-state index in [1.165, 1.54) is 12.2 Å². The summed E-state index contributed by atoms with van der Waals surface area (Å²) in [7, 11) is 0. The predicted octanol–water partition coefficient (Wildman–Crippen LogP) is 0.327. The summed E-state index contributed by atoms with van der Waals surface area (Å²) in [5.74, 6) is -0.126. The maximum Gasteiger partial charge on any atom is 0.266 e. The first kappa shape index (κ1) is 15.8. The molecule has 0 amide bonds. The van der Waals surface area contributed by atoms with E-state index in [0.717, 1.165) is 0 Å². The van der Waals surface area contributed by atoms with Crippen LogP contribution in [-0.2, 0) is 19.1 Å². The monoisotopic (exact) mass is 298 g/mol. The van der Waals surface area contributed by atoms with Gasteiger partial charge in [0, 0.05) is 30.7 Å². The van der Waals surface area contributed by atoms with E-state index in [9.17, 15) is 14.9 Å². The smallest absolute Gasteiger partial charge is 0.266 e. The Morgan fingerprint density at radius 3 is 2.67 bits per heavy atom. The van der Waals surface area contributed by atoms with Crippen molar-refractivity contribution in [2.24, 2.45) is 0 Å². The molecule has 1 aliphatic carbocycles. The van der Waals surface area contributed by atoms with Crippen LogP contribution in [0, 0.1) is 10.1 Å². The number of hydrogen-bond donors (Lipinski definition) is 0. The van der Waals surface area contributed by atoms with E-state index in [1.54, 1.807) is 5.06 Å². The number of hydroxylamine groups is 2. The molecule has 8 nitrogen and oxygen atoms in total. The Morgan fingerprint density at radius 2 is 1.90 bits per heavy atom. The van der Waals surface area contributed by atoms with Crippen LogP contribution in [0.4, 0.5) is 0 Å². The van der Waals surface area contributed by atoms with Gasteiger partial charge in [-0.05, 0) is 0 Å². The Labute approximate surface area is 122 Å². The van der Waals surface area contributed by atoms with E-state index in [-0.39, 0.29) is 24.4 Å². The summed E-state index contributed by atoms with van der Waals surface area (Å²) in [5.41, 5.74) is 0.326. The van der Waals surface area contributed by atoms with Crippen molar-refractivity contribution >= 4 is 5.78 Å². The van der Waals surface area contributed by atoms with Gasteiger partial charge in [0.1, 0.15) is 0 Å². The van der Waals surface area contributed by atoms with Crippen LogP contribution in [0.5, 0.6) is 0 Å². The number of hydrogen-bond acceptors (Lipinski definition) is 7. The van der Waals surface area contributed by atoms with Gasteiger partial charge in [-0.15, -0.1) is 0 Å². The number of ketones is 1. The van der Waals surface area contributed by atoms with Gasteiger partial charge in [-0.1, -0.05) is 0 Å². The van der Waals surface area contributed by atoms with Crippen molar-refractivity contribution in [3.63, 3.8) is 0 Å². The number of ether oxygens (including phenoxy) is 2. The molecular weight excluding hydrogens is 280 g/mol. The van der Waals surface area contributed by atoms with E-state index in [2.05, 4.69) is 0 Å². The molecular formula is C13H18N2O6. The minimum Gasteiger partial charge on any atom is -0.378 e. The minimum atomic E-state index is -0.493. The van der Waals surface area contributed by atoms with Crippen LogP contribution in [-0.4, -0.2) is 61.9 Å². The molecule has 0 spiro atoms. The Kier molecular flexibility index (Phi) is 6.00. The van der Waals surface area contributed by atoms with Gasteiger partial charge in [0.05, 0.1) is 44.5 Å². The first-order chi connectivity index (χ1) is 10.2. The minimum absolute atomic E-state index is 0.0507. The Balaban J connectivity index is 1.97. The average Bonchev–Trinajstić information content (AvgIpc) is 2.47. The molecule has 0 bridgehead atoms. The van der Waals surface area contributed by atoms with Crippen LogP contribution in [0.3, 0.4) is 0 Å². The van der Waals surface area contributed by atoms with Crippen molar-refractivity contribution < 1.29 is 24.0 Å². The first-order valence-electron chi connectivity index (χ1n) is 6.78. The van der Waals surface area contributed by atoms with Crippen molar-refractivity contribution in [2.75, 3.05) is 46.1 Å². The molecule has 8 heteroatoms. The molecule has 2 aliphatic rings. The quantitative estimate of drug-likeness (QED) is 0.547. The van der Waals surface area contributed by atoms with E-state index in [0.29, 0.717) is 45.2 Å². The van der Waals surface area contributed by atoms with E-state index < -0.39 is 4.92 Å². The summed E-state index contributed by atoms with van der Waals surface area (Å²) in [4.78, 5) is 27.6. The molecule has 1 aliphatic heterocycles. The van der Waals surface area contributed by atoms with Crippen molar-refractivity contribution in [2.45, 2.75) is 6.42 Å². The normalized spacial score (nSPS) is 22.4. The topological polar surface area (TPSA) is 91.1 Å². The van der Waals surface area contributed by atoms with E-state index in [4.69, 9.17) is 14.3 Å². The van der Waals surface area contributed by atoms with Gasteiger partial charge in [0.2, 0.25) is 0 Å². The molecule has 0 unspecified atom stereocenters. The van der Waals surface area contributed by atoms with Crippen molar-refractivity contribution in [3.05, 3.63) is 33.5 Å². The summed E-state index contributed by atoms with van der Waals surface area (Å²) in [6.07, 6.45) is 2.69. The highest BCUT2D eigenvalue weighted by Gasteiger charge is 2.22. The second-order valence-electron chi connectivity index (χ2n) is 4.60. The lowest BCUT2D eigenvalue weighted by atomic mass is 10.0. The Bertz CT molecular complexity index is 450. The van der Waals surface area contributed by atoms with Crippen molar-refractivity contribution in [1.82, 2.24) is 5.06 Å². The van der Waals surface area contributed by atoms with Gasteiger partial charge in [0.25, 0.3) is 5.70 Å². The van der Waals surface area contributed by atoms with Gasteiger partial charge in [-0.3, -0.25) is 19.7 Å². The van der Waals surface area contributed by atoms with Gasteiger partial charge < -0.3 is 9.47 Å². The third-order valence-electron chi connectivity index (χ3n) is 3.09. The third kappa shape index (κ3) is 5.01. The standard InChI is InChI=1S/C13H18N2O6/c16-13-2-1-12(15(17)18)9-11(13)10-14-3-4-19-5-6-20-7-8-21-14/h1,9H,2-8,10H2. The number of allylic oxidation sites excluding steroid dienone is 2. The van der Waals surface area contributed by atoms with Gasteiger partial charge in [-0.2, -0.15) is 5.06 Å². The molecule has 0 saturated carbocycles. The molecule has 0 aromatic rings. The molecule has 116 valence electrons. The summed E-state index contributed by atoms with van der Waals surface area (Å²) in [6.45, 7) is 3.00. The average molecular weight is 298 g/mol. The van der Waals surface area contributed by atoms with E-state index >= 15 is 0 Å². The molecule has 1 heterocycles. The van der Waals surface area contributed by atoms with Crippen molar-refractivity contribution in [1.29, 1.82) is 0 Å². The van der Waals surface area contributed by atoms with Gasteiger partial charge >= 0.3 is 0 Å². The Morgan fingerprint density at radius 1 is 1.19 bits per heavy atom. The van der Waals surface area contributed by atoms with E-state index in [1.807, 2.05) is 0 Å². The lowest BCUT2D eigenvalue weighted by Gasteiger charge is -2.24. The lowest BCUT2D eigenvalue weighted by molar-refractivity contribution is -0.419. The number of nitrogens with zero attached hydrogens (tertiary/aromatic N) is 2. The maximum absolute atomic E-state index is 11.8. The molecule has 1 fully saturated rings. The molecule has 0 radical (unpaired) electrons. The number of nitro groups is 1. The third-order valence-corrected chi connectivity index (χ3v) is 3.09. The molecule has 21 heavy (non-hydrogen) atoms. The SMILES string of the molecule is O=C1CC=C([N+](=O)[O-])C=C1CN1CCOCCOCCO1. The van der Waals surface area contributed by atoms with Crippen molar-refractivity contribution in [3.8, 4) is 0 Å². The van der Waals surface area contributed by atoms with Gasteiger partial charge in [0.15, 0.2) is 5.78 Å². The molecule has 0 atom stereocenters. The fourth-order valence-electron chi connectivity index (χ4n) is 2.00. The number of Topliss-reactive ketones (excluding diaryl/α,β-unsaturated/α-hetero) is 1. The second kappa shape index (κ2) is 7.99. The zero-order valence-electron chi connectivity index (χ0n) is 11.7. The van der Waals surface area contributed by atoms with Crippen LogP contribution >= 0.6 is 0 Å². The highest BCUT2D eigenvalue weighted by atomic mass is 16.7. The molecule has 0 aromatic heterocycles. The fourth-order valence-corrected chi connectivity index (χ4v) is 2.00. The molecule has 0 aromatic carbocycles. The number of carbonyl (C=O) groups excluding carboxylic acids is 1. The largest absolute Gasteiger partial charge is 0.378 e. The van der Waals surface area contributed by atoms with Gasteiger partial charge in [-0.25, -0.2) is 0 Å². The fraction of sp³-hybridized carbons (Fsp3) is 0.615. The lowest BCUT2D eigenvalue weighted by Crippen LogP contribution is -2.34. The van der Waals surface area contributed by atoms with Crippen LogP contribution in [0.15, 0.2) is 23.4 Å². The molecule has 2 rings (SSSR count). The van der Waals surface area contributed by atoms with Crippen LogP contribution in [0.25, 0.3) is 0 Å². The summed E-state index contributed by atoms with van der Waals surface area (Å²) in [6, 6.07) is 0. The Hall–Kier alpha value is -1.61. The van der Waals surface area contributed by atoms with Crippen LogP contribution in [0.1, 0.15) is 6.42 Å².